The zero-order valence-electron chi connectivity index (χ0n) is 15.0. The topological polar surface area (TPSA) is 49.9 Å². The summed E-state index contributed by atoms with van der Waals surface area (Å²) in [6.45, 7) is 1.73. The number of rotatable bonds is 2. The summed E-state index contributed by atoms with van der Waals surface area (Å²) in [5.41, 5.74) is 1.15. The lowest BCUT2D eigenvalue weighted by atomic mass is 9.68. The smallest absolute Gasteiger partial charge is 0.265 e. The number of fused-ring (bicyclic) bond motifs is 1. The van der Waals surface area contributed by atoms with Gasteiger partial charge in [-0.25, -0.2) is 0 Å². The number of halogens is 1. The molecule has 1 aromatic carbocycles. The summed E-state index contributed by atoms with van der Waals surface area (Å²) < 4.78 is 6.40. The first kappa shape index (κ1) is 17.8. The van der Waals surface area contributed by atoms with Crippen molar-refractivity contribution in [2.24, 2.45) is 5.41 Å². The molecule has 0 atom stereocenters. The van der Waals surface area contributed by atoms with Crippen LogP contribution in [0.3, 0.4) is 0 Å². The lowest BCUT2D eigenvalue weighted by molar-refractivity contribution is -0.134. The zero-order valence-corrected chi connectivity index (χ0v) is 16.6. The number of likely N-dealkylation sites (tertiary alicyclic amines) is 1. The second-order valence-corrected chi connectivity index (χ2v) is 8.74. The first-order valence-electron chi connectivity index (χ1n) is 9.57. The molecule has 1 aliphatic carbocycles. The molecular weight excluding hydrogens is 396 g/mol. The third-order valence-corrected chi connectivity index (χ3v) is 6.74. The molecular formula is C20H25BrN2O3. The van der Waals surface area contributed by atoms with Gasteiger partial charge in [-0.1, -0.05) is 35.2 Å². The molecule has 1 spiro atoms. The van der Waals surface area contributed by atoms with Crippen LogP contribution in [0.15, 0.2) is 22.7 Å². The van der Waals surface area contributed by atoms with Crippen molar-refractivity contribution in [3.05, 3.63) is 22.7 Å². The highest BCUT2D eigenvalue weighted by atomic mass is 79.9. The van der Waals surface area contributed by atoms with Gasteiger partial charge in [-0.05, 0) is 49.3 Å². The van der Waals surface area contributed by atoms with E-state index < -0.39 is 0 Å². The Balaban J connectivity index is 1.42. The van der Waals surface area contributed by atoms with Crippen LogP contribution >= 0.6 is 15.9 Å². The molecule has 0 radical (unpaired) electrons. The van der Waals surface area contributed by atoms with Crippen molar-refractivity contribution in [3.8, 4) is 5.75 Å². The Morgan fingerprint density at radius 3 is 2.58 bits per heavy atom. The maximum atomic E-state index is 12.8. The summed E-state index contributed by atoms with van der Waals surface area (Å²) in [7, 11) is 0. The van der Waals surface area contributed by atoms with E-state index in [-0.39, 0.29) is 25.0 Å². The molecule has 2 aliphatic heterocycles. The van der Waals surface area contributed by atoms with Crippen LogP contribution in [0.4, 0.5) is 5.69 Å². The predicted octanol–water partition coefficient (Wildman–Crippen LogP) is 3.75. The minimum absolute atomic E-state index is 0.0140. The molecule has 2 fully saturated rings. The molecule has 1 saturated heterocycles. The van der Waals surface area contributed by atoms with E-state index in [1.807, 2.05) is 23.1 Å². The highest BCUT2D eigenvalue weighted by Crippen LogP contribution is 2.44. The summed E-state index contributed by atoms with van der Waals surface area (Å²) in [5.74, 6) is 0.528. The molecule has 5 nitrogen and oxygen atoms in total. The third kappa shape index (κ3) is 3.48. The average Bonchev–Trinajstić information content (AvgIpc) is 2.65. The Morgan fingerprint density at radius 2 is 1.85 bits per heavy atom. The second-order valence-electron chi connectivity index (χ2n) is 7.82. The Labute approximate surface area is 162 Å². The van der Waals surface area contributed by atoms with E-state index in [2.05, 4.69) is 15.9 Å². The monoisotopic (exact) mass is 420 g/mol. The number of anilines is 1. The van der Waals surface area contributed by atoms with Crippen LogP contribution in [0.2, 0.25) is 0 Å². The zero-order chi connectivity index (χ0) is 18.1. The molecule has 2 amide bonds. The van der Waals surface area contributed by atoms with Gasteiger partial charge in [0.25, 0.3) is 5.91 Å². The second kappa shape index (κ2) is 7.22. The largest absolute Gasteiger partial charge is 0.482 e. The van der Waals surface area contributed by atoms with Crippen LogP contribution in [-0.4, -0.2) is 43.0 Å². The molecule has 2 heterocycles. The maximum absolute atomic E-state index is 12.8. The minimum Gasteiger partial charge on any atom is -0.482 e. The van der Waals surface area contributed by atoms with Gasteiger partial charge in [0.2, 0.25) is 5.91 Å². The lowest BCUT2D eigenvalue weighted by Crippen LogP contribution is -2.50. The number of nitrogens with zero attached hydrogens (tertiary/aromatic N) is 2. The fourth-order valence-electron chi connectivity index (χ4n) is 4.62. The standard InChI is InChI=1S/C20H25BrN2O3/c21-15-4-5-16-17(12-15)26-14-19(25)23(16)13-18(24)22-10-8-20(9-11-22)6-2-1-3-7-20/h4-5,12H,1-3,6-11,13-14H2. The maximum Gasteiger partial charge on any atom is 0.265 e. The molecule has 3 aliphatic rings. The van der Waals surface area contributed by atoms with Gasteiger partial charge in [0.05, 0.1) is 5.69 Å². The molecule has 1 saturated carbocycles. The van der Waals surface area contributed by atoms with E-state index in [4.69, 9.17) is 4.74 Å². The van der Waals surface area contributed by atoms with Gasteiger partial charge in [-0.15, -0.1) is 0 Å². The minimum atomic E-state index is -0.158. The van der Waals surface area contributed by atoms with Gasteiger partial charge in [-0.2, -0.15) is 0 Å². The van der Waals surface area contributed by atoms with Crippen molar-refractivity contribution >= 4 is 33.4 Å². The van der Waals surface area contributed by atoms with Crippen LogP contribution in [-0.2, 0) is 9.59 Å². The van der Waals surface area contributed by atoms with Gasteiger partial charge in [0, 0.05) is 17.6 Å². The number of carbonyl (C=O) groups is 2. The number of amides is 2. The summed E-state index contributed by atoms with van der Waals surface area (Å²) in [6, 6.07) is 5.54. The molecule has 0 aromatic heterocycles. The number of piperidine rings is 1. The Bertz CT molecular complexity index is 705. The normalized spacial score (nSPS) is 22.1. The Morgan fingerprint density at radius 1 is 1.12 bits per heavy atom. The Hall–Kier alpha value is -1.56. The molecule has 6 heteroatoms. The van der Waals surface area contributed by atoms with Crippen molar-refractivity contribution in [2.45, 2.75) is 44.9 Å². The predicted molar refractivity (Wildman–Crippen MR) is 103 cm³/mol. The molecule has 1 aromatic rings. The number of benzene rings is 1. The van der Waals surface area contributed by atoms with Crippen LogP contribution in [0, 0.1) is 5.41 Å². The Kier molecular flexibility index (Phi) is 4.95. The quantitative estimate of drug-likeness (QED) is 0.731. The molecule has 0 N–H and O–H groups in total. The van der Waals surface area contributed by atoms with E-state index in [9.17, 15) is 9.59 Å². The molecule has 0 bridgehead atoms. The van der Waals surface area contributed by atoms with Crippen molar-refractivity contribution in [1.29, 1.82) is 0 Å². The molecule has 0 unspecified atom stereocenters. The summed E-state index contributed by atoms with van der Waals surface area (Å²) in [4.78, 5) is 28.7. The number of ether oxygens (including phenoxy) is 1. The fourth-order valence-corrected chi connectivity index (χ4v) is 4.96. The van der Waals surface area contributed by atoms with Crippen molar-refractivity contribution in [1.82, 2.24) is 4.90 Å². The third-order valence-electron chi connectivity index (χ3n) is 6.25. The van der Waals surface area contributed by atoms with Crippen molar-refractivity contribution in [3.63, 3.8) is 0 Å². The highest BCUT2D eigenvalue weighted by molar-refractivity contribution is 9.10. The van der Waals surface area contributed by atoms with Crippen molar-refractivity contribution < 1.29 is 14.3 Å². The average molecular weight is 421 g/mol. The van der Waals surface area contributed by atoms with E-state index in [0.29, 0.717) is 16.9 Å². The van der Waals surface area contributed by atoms with Gasteiger partial charge < -0.3 is 9.64 Å². The fraction of sp³-hybridized carbons (Fsp3) is 0.600. The van der Waals surface area contributed by atoms with Gasteiger partial charge in [0.1, 0.15) is 12.3 Å². The van der Waals surface area contributed by atoms with Gasteiger partial charge in [0.15, 0.2) is 6.61 Å². The summed E-state index contributed by atoms with van der Waals surface area (Å²) >= 11 is 3.42. The molecule has 140 valence electrons. The van der Waals surface area contributed by atoms with E-state index in [1.54, 1.807) is 4.90 Å². The number of hydrogen-bond acceptors (Lipinski definition) is 3. The van der Waals surface area contributed by atoms with Crippen molar-refractivity contribution in [2.75, 3.05) is 31.1 Å². The van der Waals surface area contributed by atoms with Gasteiger partial charge >= 0.3 is 0 Å². The molecule has 26 heavy (non-hydrogen) atoms. The lowest BCUT2D eigenvalue weighted by Gasteiger charge is -2.44. The SMILES string of the molecule is O=C(CN1C(=O)COc2cc(Br)ccc21)N1CCC2(CCCCC2)CC1. The number of hydrogen-bond donors (Lipinski definition) is 0. The van der Waals surface area contributed by atoms with Crippen LogP contribution in [0.25, 0.3) is 0 Å². The summed E-state index contributed by atoms with van der Waals surface area (Å²) in [5, 5.41) is 0. The number of carbonyl (C=O) groups excluding carboxylic acids is 2. The van der Waals surface area contributed by atoms with E-state index in [1.165, 1.54) is 32.1 Å². The highest BCUT2D eigenvalue weighted by Gasteiger charge is 2.37. The van der Waals surface area contributed by atoms with E-state index >= 15 is 0 Å². The van der Waals surface area contributed by atoms with Gasteiger partial charge in [-0.3, -0.25) is 14.5 Å². The van der Waals surface area contributed by atoms with Crippen LogP contribution in [0.5, 0.6) is 5.75 Å². The van der Waals surface area contributed by atoms with Crippen LogP contribution in [0.1, 0.15) is 44.9 Å². The molecule has 4 rings (SSSR count). The first-order valence-corrected chi connectivity index (χ1v) is 10.4. The van der Waals surface area contributed by atoms with Crippen LogP contribution < -0.4 is 9.64 Å². The van der Waals surface area contributed by atoms with E-state index in [0.717, 1.165) is 30.4 Å². The first-order chi connectivity index (χ1) is 12.6. The summed E-state index contributed by atoms with van der Waals surface area (Å²) in [6.07, 6.45) is 8.89.